The number of rotatable bonds is 6. The fourth-order valence-electron chi connectivity index (χ4n) is 2.98. The smallest absolute Gasteiger partial charge is 0.267 e. The second-order valence-electron chi connectivity index (χ2n) is 6.62. The summed E-state index contributed by atoms with van der Waals surface area (Å²) in [4.78, 5) is 30.1. The van der Waals surface area contributed by atoms with Crippen LogP contribution in [-0.4, -0.2) is 39.6 Å². The lowest BCUT2D eigenvalue weighted by Crippen LogP contribution is -2.37. The molecule has 3 rings (SSSR count). The molecule has 0 saturated carbocycles. The molecule has 0 unspecified atom stereocenters. The number of amides is 1. The fraction of sp³-hybridized carbons (Fsp3) is 0.368. The van der Waals surface area contributed by atoms with E-state index >= 15 is 0 Å². The standard InChI is InChI=1S/C19H23N5O3/c1-12(2)21-18(25)13-11-14-17(24(16(13)20)9-6-10-27-3)22-15-7-4-5-8-23(15)19(14)26/h4-5,7-8,11-12,20H,6,9-10H2,1-3H3,(H,21,25). The summed E-state index contributed by atoms with van der Waals surface area (Å²) in [7, 11) is 1.61. The molecular formula is C19H23N5O3. The number of nitrogens with zero attached hydrogens (tertiary/aromatic N) is 3. The van der Waals surface area contributed by atoms with Crippen LogP contribution in [0.1, 0.15) is 30.6 Å². The van der Waals surface area contributed by atoms with Gasteiger partial charge in [0.1, 0.15) is 16.8 Å². The molecule has 0 radical (unpaired) electrons. The van der Waals surface area contributed by atoms with E-state index in [-0.39, 0.29) is 28.6 Å². The van der Waals surface area contributed by atoms with Crippen molar-refractivity contribution in [3.63, 3.8) is 0 Å². The average Bonchev–Trinajstić information content (AvgIpc) is 2.63. The lowest BCUT2D eigenvalue weighted by molar-refractivity contribution is 0.0940. The van der Waals surface area contributed by atoms with Crippen LogP contribution in [-0.2, 0) is 11.3 Å². The highest BCUT2D eigenvalue weighted by Crippen LogP contribution is 2.11. The molecule has 0 aliphatic rings. The molecule has 8 heteroatoms. The van der Waals surface area contributed by atoms with Gasteiger partial charge in [-0.3, -0.25) is 19.4 Å². The van der Waals surface area contributed by atoms with Gasteiger partial charge in [-0.1, -0.05) is 6.07 Å². The lowest BCUT2D eigenvalue weighted by atomic mass is 10.2. The van der Waals surface area contributed by atoms with Crippen LogP contribution in [0.2, 0.25) is 0 Å². The van der Waals surface area contributed by atoms with Crippen LogP contribution in [0.15, 0.2) is 35.3 Å². The van der Waals surface area contributed by atoms with Crippen molar-refractivity contribution in [2.24, 2.45) is 0 Å². The first-order valence-corrected chi connectivity index (χ1v) is 8.83. The number of carbonyl (C=O) groups is 1. The number of aromatic nitrogens is 3. The molecule has 0 aliphatic carbocycles. The maximum atomic E-state index is 13.0. The van der Waals surface area contributed by atoms with Crippen molar-refractivity contribution in [3.8, 4) is 0 Å². The Morgan fingerprint density at radius 1 is 1.37 bits per heavy atom. The molecule has 3 aromatic heterocycles. The third kappa shape index (κ3) is 3.61. The molecule has 0 aromatic carbocycles. The molecule has 3 aromatic rings. The van der Waals surface area contributed by atoms with Gasteiger partial charge in [-0.2, -0.15) is 0 Å². The number of fused-ring (bicyclic) bond motifs is 2. The highest BCUT2D eigenvalue weighted by molar-refractivity contribution is 5.96. The topological polar surface area (TPSA) is 101 Å². The van der Waals surface area contributed by atoms with Gasteiger partial charge in [0.25, 0.3) is 11.5 Å². The average molecular weight is 369 g/mol. The Kier molecular flexibility index (Phi) is 5.36. The summed E-state index contributed by atoms with van der Waals surface area (Å²) in [5.41, 5.74) is 0.810. The minimum Gasteiger partial charge on any atom is -0.385 e. The van der Waals surface area contributed by atoms with Gasteiger partial charge in [-0.25, -0.2) is 4.98 Å². The van der Waals surface area contributed by atoms with Crippen molar-refractivity contribution in [2.45, 2.75) is 32.9 Å². The molecule has 1 amide bonds. The maximum absolute atomic E-state index is 13.0. The predicted molar refractivity (Wildman–Crippen MR) is 102 cm³/mol. The molecule has 2 N–H and O–H groups in total. The summed E-state index contributed by atoms with van der Waals surface area (Å²) in [6, 6.07) is 6.68. The van der Waals surface area contributed by atoms with Gasteiger partial charge < -0.3 is 14.6 Å². The lowest BCUT2D eigenvalue weighted by Gasteiger charge is -2.15. The van der Waals surface area contributed by atoms with Gasteiger partial charge in [-0.15, -0.1) is 0 Å². The quantitative estimate of drug-likeness (QED) is 0.505. The van der Waals surface area contributed by atoms with Gasteiger partial charge in [0.15, 0.2) is 0 Å². The summed E-state index contributed by atoms with van der Waals surface area (Å²) in [6.45, 7) is 4.61. The third-order valence-corrected chi connectivity index (χ3v) is 4.21. The highest BCUT2D eigenvalue weighted by atomic mass is 16.5. The Bertz CT molecular complexity index is 1110. The Morgan fingerprint density at radius 3 is 2.85 bits per heavy atom. The number of hydrogen-bond donors (Lipinski definition) is 2. The largest absolute Gasteiger partial charge is 0.385 e. The molecule has 0 spiro atoms. The molecule has 0 aliphatic heterocycles. The van der Waals surface area contributed by atoms with Gasteiger partial charge in [0, 0.05) is 32.5 Å². The number of hydrogen-bond acceptors (Lipinski definition) is 5. The zero-order valence-corrected chi connectivity index (χ0v) is 15.7. The normalized spacial score (nSPS) is 11.4. The second kappa shape index (κ2) is 7.71. The first-order valence-electron chi connectivity index (χ1n) is 8.83. The van der Waals surface area contributed by atoms with Crippen LogP contribution in [0.4, 0.5) is 0 Å². The minimum atomic E-state index is -0.380. The summed E-state index contributed by atoms with van der Waals surface area (Å²) in [6.07, 6.45) is 2.27. The van der Waals surface area contributed by atoms with Crippen molar-refractivity contribution in [2.75, 3.05) is 13.7 Å². The highest BCUT2D eigenvalue weighted by Gasteiger charge is 2.17. The van der Waals surface area contributed by atoms with E-state index in [1.165, 1.54) is 10.5 Å². The van der Waals surface area contributed by atoms with E-state index in [2.05, 4.69) is 10.3 Å². The van der Waals surface area contributed by atoms with Crippen LogP contribution < -0.4 is 16.4 Å². The Labute approximate surface area is 155 Å². The fourth-order valence-corrected chi connectivity index (χ4v) is 2.98. The number of carbonyl (C=O) groups excluding carboxylic acids is 1. The molecule has 3 heterocycles. The maximum Gasteiger partial charge on any atom is 0.267 e. The van der Waals surface area contributed by atoms with E-state index in [0.717, 1.165) is 0 Å². The van der Waals surface area contributed by atoms with E-state index in [1.54, 1.807) is 36.1 Å². The number of pyridine rings is 2. The number of ether oxygens (including phenoxy) is 1. The third-order valence-electron chi connectivity index (χ3n) is 4.21. The first-order chi connectivity index (χ1) is 12.9. The van der Waals surface area contributed by atoms with Crippen molar-refractivity contribution in [3.05, 3.63) is 51.9 Å². The molecule has 0 atom stereocenters. The van der Waals surface area contributed by atoms with E-state index < -0.39 is 0 Å². The molecule has 142 valence electrons. The number of aryl methyl sites for hydroxylation is 1. The van der Waals surface area contributed by atoms with Crippen molar-refractivity contribution < 1.29 is 9.53 Å². The minimum absolute atomic E-state index is 0.0314. The van der Waals surface area contributed by atoms with Crippen LogP contribution in [0.3, 0.4) is 0 Å². The summed E-state index contributed by atoms with van der Waals surface area (Å²) >= 11 is 0. The van der Waals surface area contributed by atoms with E-state index in [4.69, 9.17) is 10.1 Å². The van der Waals surface area contributed by atoms with E-state index in [9.17, 15) is 9.59 Å². The van der Waals surface area contributed by atoms with Crippen molar-refractivity contribution in [1.82, 2.24) is 19.3 Å². The van der Waals surface area contributed by atoms with Crippen LogP contribution >= 0.6 is 0 Å². The van der Waals surface area contributed by atoms with Crippen LogP contribution in [0.5, 0.6) is 0 Å². The Balaban J connectivity index is 2.32. The zero-order chi connectivity index (χ0) is 19.6. The SMILES string of the molecule is COCCCn1c(=N)c(C(=O)NC(C)C)cc2c(=O)n3ccccc3nc21. The molecule has 8 nitrogen and oxygen atoms in total. The summed E-state index contributed by atoms with van der Waals surface area (Å²) in [5.74, 6) is -0.380. The number of methoxy groups -OCH3 is 1. The van der Waals surface area contributed by atoms with Crippen LogP contribution in [0.25, 0.3) is 16.7 Å². The summed E-state index contributed by atoms with van der Waals surface area (Å²) < 4.78 is 8.15. The van der Waals surface area contributed by atoms with Gasteiger partial charge >= 0.3 is 0 Å². The van der Waals surface area contributed by atoms with Crippen LogP contribution in [0, 0.1) is 5.41 Å². The monoisotopic (exact) mass is 369 g/mol. The summed E-state index contributed by atoms with van der Waals surface area (Å²) in [5, 5.41) is 11.6. The molecule has 27 heavy (non-hydrogen) atoms. The zero-order valence-electron chi connectivity index (χ0n) is 15.7. The number of nitrogens with one attached hydrogen (secondary N) is 2. The van der Waals surface area contributed by atoms with Gasteiger partial charge in [-0.05, 0) is 38.5 Å². The van der Waals surface area contributed by atoms with Crippen molar-refractivity contribution in [1.29, 1.82) is 5.41 Å². The molecule has 0 fully saturated rings. The Hall–Kier alpha value is -3.00. The first kappa shape index (κ1) is 18.8. The molecule has 0 saturated heterocycles. The molecule has 0 bridgehead atoms. The Morgan fingerprint density at radius 2 is 2.15 bits per heavy atom. The van der Waals surface area contributed by atoms with E-state index in [1.807, 2.05) is 13.8 Å². The van der Waals surface area contributed by atoms with Gasteiger partial charge in [0.2, 0.25) is 0 Å². The van der Waals surface area contributed by atoms with Gasteiger partial charge in [0.05, 0.1) is 10.9 Å². The van der Waals surface area contributed by atoms with E-state index in [0.29, 0.717) is 36.3 Å². The second-order valence-corrected chi connectivity index (χ2v) is 6.62. The predicted octanol–water partition coefficient (Wildman–Crippen LogP) is 1.30. The molecular weight excluding hydrogens is 346 g/mol. The van der Waals surface area contributed by atoms with Crippen molar-refractivity contribution >= 4 is 22.6 Å².